The van der Waals surface area contributed by atoms with Gasteiger partial charge in [-0.05, 0) is 33.3 Å². The van der Waals surface area contributed by atoms with Crippen LogP contribution in [0.25, 0.3) is 0 Å². The summed E-state index contributed by atoms with van der Waals surface area (Å²) >= 11 is 1.20. The molecule has 2 heterocycles. The molecule has 1 unspecified atom stereocenters. The van der Waals surface area contributed by atoms with Crippen molar-refractivity contribution in [3.05, 3.63) is 35.9 Å². The molecule has 13 nitrogen and oxygen atoms in total. The van der Waals surface area contributed by atoms with E-state index in [9.17, 15) is 42.3 Å². The average molecular weight is 555 g/mol. The number of thioether (sulfide) groups is 1. The first-order valence-electron chi connectivity index (χ1n) is 11.0. The Balaban J connectivity index is 1.81. The normalized spacial score (nSPS) is 23.0. The van der Waals surface area contributed by atoms with Gasteiger partial charge in [-0.1, -0.05) is 30.3 Å². The minimum Gasteiger partial charge on any atom is -0.480 e. The van der Waals surface area contributed by atoms with Gasteiger partial charge in [-0.15, -0.1) is 11.8 Å². The summed E-state index contributed by atoms with van der Waals surface area (Å²) in [6, 6.07) is 3.74. The van der Waals surface area contributed by atoms with Crippen molar-refractivity contribution >= 4 is 57.2 Å². The van der Waals surface area contributed by atoms with E-state index in [0.29, 0.717) is 0 Å². The molecule has 2 aliphatic rings. The molecular weight excluding hydrogens is 528 g/mol. The van der Waals surface area contributed by atoms with Gasteiger partial charge in [-0.3, -0.25) is 24.0 Å². The van der Waals surface area contributed by atoms with Crippen molar-refractivity contribution in [1.82, 2.24) is 19.7 Å². The van der Waals surface area contributed by atoms with Crippen molar-refractivity contribution in [3.8, 4) is 0 Å². The molecule has 0 aromatic heterocycles. The third-order valence-electron chi connectivity index (χ3n) is 5.95. The first kappa shape index (κ1) is 28.3. The van der Waals surface area contributed by atoms with Crippen molar-refractivity contribution < 1.29 is 42.3 Å². The molecule has 15 heteroatoms. The molecule has 200 valence electrons. The van der Waals surface area contributed by atoms with E-state index in [0.717, 1.165) is 13.8 Å². The van der Waals surface area contributed by atoms with Gasteiger partial charge in [0.1, 0.15) is 35.1 Å². The summed E-state index contributed by atoms with van der Waals surface area (Å²) in [4.78, 5) is 74.4. The summed E-state index contributed by atoms with van der Waals surface area (Å²) in [7, 11) is -4.77. The highest BCUT2D eigenvalue weighted by atomic mass is 32.2. The molecular formula is C22H26N4O9S2. The minimum absolute atomic E-state index is 0.166. The molecule has 1 aromatic rings. The molecule has 3 rings (SSSR count). The Morgan fingerprint density at radius 3 is 2.11 bits per heavy atom. The van der Waals surface area contributed by atoms with Gasteiger partial charge in [-0.2, -0.15) is 13.1 Å². The van der Waals surface area contributed by atoms with Crippen LogP contribution in [0.3, 0.4) is 0 Å². The van der Waals surface area contributed by atoms with Gasteiger partial charge in [0.2, 0.25) is 11.8 Å². The summed E-state index contributed by atoms with van der Waals surface area (Å²) in [5.41, 5.74) is 0.166. The van der Waals surface area contributed by atoms with E-state index < -0.39 is 79.6 Å². The third kappa shape index (κ3) is 5.67. The van der Waals surface area contributed by atoms with Crippen molar-refractivity contribution in [1.29, 1.82) is 0 Å². The molecule has 4 atom stereocenters. The number of ketones is 2. The first-order valence-corrected chi connectivity index (χ1v) is 13.4. The van der Waals surface area contributed by atoms with Crippen LogP contribution in [0.5, 0.6) is 0 Å². The van der Waals surface area contributed by atoms with E-state index in [1.165, 1.54) is 40.9 Å². The average Bonchev–Trinajstić information content (AvgIpc) is 3.03. The zero-order chi connectivity index (χ0) is 27.9. The van der Waals surface area contributed by atoms with Crippen LogP contribution in [0.15, 0.2) is 30.3 Å². The number of aliphatic carboxylic acids is 1. The molecule has 0 bridgehead atoms. The van der Waals surface area contributed by atoms with Crippen LogP contribution in [0.1, 0.15) is 39.3 Å². The van der Waals surface area contributed by atoms with Gasteiger partial charge in [-0.25, -0.2) is 9.52 Å². The zero-order valence-electron chi connectivity index (χ0n) is 20.3. The summed E-state index contributed by atoms with van der Waals surface area (Å²) in [5.74, 6) is -7.69. The van der Waals surface area contributed by atoms with Crippen LogP contribution < -0.4 is 14.8 Å². The predicted octanol–water partition coefficient (Wildman–Crippen LogP) is -0.896. The summed E-state index contributed by atoms with van der Waals surface area (Å²) in [5, 5.41) is 11.4. The Kier molecular flexibility index (Phi) is 7.81. The number of carbonyl (C=O) groups excluding carboxylic acids is 5. The highest BCUT2D eigenvalue weighted by Crippen LogP contribution is 2.50. The summed E-state index contributed by atoms with van der Waals surface area (Å²) in [6.07, 6.45) is 0. The van der Waals surface area contributed by atoms with E-state index in [4.69, 9.17) is 0 Å². The highest BCUT2D eigenvalue weighted by Gasteiger charge is 2.64. The molecule has 0 saturated carbocycles. The molecule has 0 aliphatic carbocycles. The first-order chi connectivity index (χ1) is 17.1. The van der Waals surface area contributed by atoms with Gasteiger partial charge >= 0.3 is 16.2 Å². The number of benzene rings is 1. The molecule has 0 spiro atoms. The Bertz CT molecular complexity index is 1250. The Morgan fingerprint density at radius 1 is 1.03 bits per heavy atom. The second kappa shape index (κ2) is 10.2. The molecule has 3 amide bonds. The SMILES string of the molecule is CC(=O)C(C(C)=O)C(=O)NS(=O)(=O)NC(C(=O)N[C@@H]1C(=O)N2[C@@H]1SC(C)(C)[C@@H]2C(=O)O)c1ccccc1. The molecule has 1 aromatic carbocycles. The lowest BCUT2D eigenvalue weighted by Crippen LogP contribution is -2.71. The maximum Gasteiger partial charge on any atom is 0.327 e. The van der Waals surface area contributed by atoms with E-state index >= 15 is 0 Å². The van der Waals surface area contributed by atoms with Gasteiger partial charge in [0.15, 0.2) is 5.92 Å². The lowest BCUT2D eigenvalue weighted by atomic mass is 9.95. The van der Waals surface area contributed by atoms with Crippen LogP contribution in [0.4, 0.5) is 0 Å². The monoisotopic (exact) mass is 554 g/mol. The molecule has 4 N–H and O–H groups in total. The predicted molar refractivity (Wildman–Crippen MR) is 130 cm³/mol. The molecule has 37 heavy (non-hydrogen) atoms. The number of nitrogens with zero attached hydrogens (tertiary/aromatic N) is 1. The smallest absolute Gasteiger partial charge is 0.327 e. The number of β-lactam (4-membered cyclic amide) rings is 1. The summed E-state index contributed by atoms with van der Waals surface area (Å²) < 4.78 is 28.2. The van der Waals surface area contributed by atoms with Crippen LogP contribution in [-0.2, 0) is 39.0 Å². The summed E-state index contributed by atoms with van der Waals surface area (Å²) in [6.45, 7) is 5.25. The largest absolute Gasteiger partial charge is 0.480 e. The van der Waals surface area contributed by atoms with Crippen molar-refractivity contribution in [2.75, 3.05) is 0 Å². The van der Waals surface area contributed by atoms with Crippen molar-refractivity contribution in [2.24, 2.45) is 5.92 Å². The third-order valence-corrected chi connectivity index (χ3v) is 8.54. The second-order valence-corrected chi connectivity index (χ2v) is 12.4. The number of fused-ring (bicyclic) bond motifs is 1. The highest BCUT2D eigenvalue weighted by molar-refractivity contribution is 8.01. The standard InChI is InChI=1S/C22H26N4O9S2/c1-10(27)13(11(2)28)17(29)25-37(34,35)24-14(12-8-6-5-7-9-12)18(30)23-15-19(31)26-16(21(32)33)22(3,4)36-20(15)26/h5-9,13-16,20,24H,1-4H3,(H,23,30)(H,25,29)(H,32,33)/t14?,15-,16+,20-/m1/s1. The van der Waals surface area contributed by atoms with Gasteiger partial charge in [0.25, 0.3) is 5.91 Å². The fraction of sp³-hybridized carbons (Fsp3) is 0.455. The molecule has 2 aliphatic heterocycles. The number of carboxylic acid groups (broad SMARTS) is 1. The van der Waals surface area contributed by atoms with Crippen LogP contribution >= 0.6 is 11.8 Å². The van der Waals surface area contributed by atoms with Crippen LogP contribution in [0.2, 0.25) is 0 Å². The maximum atomic E-state index is 13.2. The Hall–Kier alpha value is -3.30. The number of amides is 3. The van der Waals surface area contributed by atoms with Crippen LogP contribution in [0, 0.1) is 5.92 Å². The van der Waals surface area contributed by atoms with Gasteiger partial charge in [0, 0.05) is 4.75 Å². The number of rotatable bonds is 10. The fourth-order valence-electron chi connectivity index (χ4n) is 4.33. The van der Waals surface area contributed by atoms with E-state index in [1.54, 1.807) is 24.6 Å². The number of Topliss-reactive ketones (excluding diaryl/α,β-unsaturated/α-hetero) is 2. The maximum absolute atomic E-state index is 13.2. The number of hydrogen-bond acceptors (Lipinski definition) is 9. The quantitative estimate of drug-likeness (QED) is 0.208. The van der Waals surface area contributed by atoms with Crippen LogP contribution in [-0.4, -0.2) is 75.9 Å². The van der Waals surface area contributed by atoms with E-state index in [1.807, 2.05) is 4.72 Å². The lowest BCUT2D eigenvalue weighted by Gasteiger charge is -2.44. The number of nitrogens with one attached hydrogen (secondary N) is 3. The van der Waals surface area contributed by atoms with Gasteiger partial charge in [0.05, 0.1) is 0 Å². The molecule has 2 fully saturated rings. The Labute approximate surface area is 216 Å². The molecule has 0 radical (unpaired) electrons. The lowest BCUT2D eigenvalue weighted by molar-refractivity contribution is -0.161. The number of carboxylic acids is 1. The van der Waals surface area contributed by atoms with Crippen molar-refractivity contribution in [3.63, 3.8) is 0 Å². The topological polar surface area (TPSA) is 196 Å². The second-order valence-electron chi connectivity index (χ2n) is 9.17. The minimum atomic E-state index is -4.77. The number of carbonyl (C=O) groups is 6. The van der Waals surface area contributed by atoms with Crippen molar-refractivity contribution in [2.45, 2.75) is 55.9 Å². The Morgan fingerprint density at radius 2 is 1.59 bits per heavy atom. The molecule has 2 saturated heterocycles. The number of hydrogen-bond donors (Lipinski definition) is 4. The van der Waals surface area contributed by atoms with Gasteiger partial charge < -0.3 is 15.3 Å². The zero-order valence-corrected chi connectivity index (χ0v) is 21.9. The van der Waals surface area contributed by atoms with E-state index in [-0.39, 0.29) is 5.56 Å². The van der Waals surface area contributed by atoms with E-state index in [2.05, 4.69) is 5.32 Å². The fourth-order valence-corrected chi connectivity index (χ4v) is 6.95.